The largest absolute Gasteiger partial charge is 0.327 e. The van der Waals surface area contributed by atoms with Crippen molar-refractivity contribution in [1.29, 1.82) is 0 Å². The second-order valence-corrected chi connectivity index (χ2v) is 6.24. The molecule has 1 aliphatic rings. The fourth-order valence-electron chi connectivity index (χ4n) is 2.87. The van der Waals surface area contributed by atoms with Crippen molar-refractivity contribution in [2.24, 2.45) is 0 Å². The lowest BCUT2D eigenvalue weighted by atomic mass is 9.94. The minimum atomic E-state index is -0.718. The molecule has 1 aliphatic heterocycles. The van der Waals surface area contributed by atoms with E-state index in [-0.39, 0.29) is 11.6 Å². The van der Waals surface area contributed by atoms with Gasteiger partial charge in [0, 0.05) is 23.5 Å². The average Bonchev–Trinajstić information content (AvgIpc) is 2.63. The Morgan fingerprint density at radius 2 is 1.70 bits per heavy atom. The minimum absolute atomic E-state index is 0.0645. The van der Waals surface area contributed by atoms with Gasteiger partial charge in [0.2, 0.25) is 0 Å². The molecule has 138 valence electrons. The molecule has 27 heavy (non-hydrogen) atoms. The summed E-state index contributed by atoms with van der Waals surface area (Å²) in [5, 5.41) is 19.0. The van der Waals surface area contributed by atoms with Crippen LogP contribution in [0.15, 0.2) is 59.8 Å². The average molecular weight is 366 g/mol. The highest BCUT2D eigenvalue weighted by Crippen LogP contribution is 2.29. The van der Waals surface area contributed by atoms with Gasteiger partial charge in [0.05, 0.1) is 16.5 Å². The predicted octanol–water partition coefficient (Wildman–Crippen LogP) is 3.17. The Labute approximate surface area is 155 Å². The first-order valence-corrected chi connectivity index (χ1v) is 8.26. The standard InChI is InChI=1S/C19H18N4O4/c1-11-3-7-14(8-4-11)21-18(24)16-12(2)20-19(25)22-17(16)13-5-9-15(10-6-13)23(26)27/h3-10,17H,1-2H3,(H,21,24)(H2,20,22,25)/t17-/m0/s1. The number of aryl methyl sites for hydroxylation is 1. The summed E-state index contributed by atoms with van der Waals surface area (Å²) < 4.78 is 0. The molecule has 1 heterocycles. The number of nitrogens with zero attached hydrogens (tertiary/aromatic N) is 1. The van der Waals surface area contributed by atoms with Crippen molar-refractivity contribution >= 4 is 23.3 Å². The number of urea groups is 1. The van der Waals surface area contributed by atoms with E-state index in [1.807, 2.05) is 19.1 Å². The molecule has 0 aliphatic carbocycles. The molecule has 1 atom stereocenters. The van der Waals surface area contributed by atoms with Crippen LogP contribution in [0.4, 0.5) is 16.2 Å². The third-order valence-electron chi connectivity index (χ3n) is 4.26. The molecule has 0 aromatic heterocycles. The molecule has 2 aromatic carbocycles. The maximum Gasteiger partial charge on any atom is 0.319 e. The number of anilines is 1. The van der Waals surface area contributed by atoms with E-state index >= 15 is 0 Å². The van der Waals surface area contributed by atoms with Crippen LogP contribution >= 0.6 is 0 Å². The third kappa shape index (κ3) is 3.95. The number of carbonyl (C=O) groups is 2. The van der Waals surface area contributed by atoms with Crippen LogP contribution in [0.1, 0.15) is 24.1 Å². The second-order valence-electron chi connectivity index (χ2n) is 6.24. The summed E-state index contributed by atoms with van der Waals surface area (Å²) in [6.45, 7) is 3.59. The van der Waals surface area contributed by atoms with Crippen molar-refractivity contribution in [3.05, 3.63) is 81.0 Å². The number of nitro benzene ring substituents is 1. The molecule has 3 amide bonds. The summed E-state index contributed by atoms with van der Waals surface area (Å²) in [4.78, 5) is 35.1. The van der Waals surface area contributed by atoms with E-state index in [2.05, 4.69) is 16.0 Å². The Bertz CT molecular complexity index is 933. The van der Waals surface area contributed by atoms with Crippen LogP contribution in [0, 0.1) is 17.0 Å². The predicted molar refractivity (Wildman–Crippen MR) is 100 cm³/mol. The first kappa shape index (κ1) is 18.1. The lowest BCUT2D eigenvalue weighted by Crippen LogP contribution is -2.45. The lowest BCUT2D eigenvalue weighted by molar-refractivity contribution is -0.384. The summed E-state index contributed by atoms with van der Waals surface area (Å²) in [6.07, 6.45) is 0. The zero-order valence-electron chi connectivity index (χ0n) is 14.8. The Hall–Kier alpha value is -3.68. The summed E-state index contributed by atoms with van der Waals surface area (Å²) >= 11 is 0. The van der Waals surface area contributed by atoms with Crippen LogP contribution in [-0.2, 0) is 4.79 Å². The first-order chi connectivity index (χ1) is 12.8. The number of benzene rings is 2. The van der Waals surface area contributed by atoms with Crippen LogP contribution in [0.25, 0.3) is 0 Å². The van der Waals surface area contributed by atoms with Crippen molar-refractivity contribution in [3.63, 3.8) is 0 Å². The van der Waals surface area contributed by atoms with Crippen molar-refractivity contribution in [1.82, 2.24) is 10.6 Å². The van der Waals surface area contributed by atoms with Crippen LogP contribution in [0.2, 0.25) is 0 Å². The number of nitrogens with one attached hydrogen (secondary N) is 3. The maximum absolute atomic E-state index is 12.9. The number of hydrogen-bond donors (Lipinski definition) is 3. The quantitative estimate of drug-likeness (QED) is 0.570. The summed E-state index contributed by atoms with van der Waals surface area (Å²) in [6, 6.07) is 11.9. The molecular weight excluding hydrogens is 348 g/mol. The first-order valence-electron chi connectivity index (χ1n) is 8.26. The molecule has 0 radical (unpaired) electrons. The van der Waals surface area contributed by atoms with Crippen LogP contribution < -0.4 is 16.0 Å². The molecule has 8 heteroatoms. The molecule has 0 saturated heterocycles. The third-order valence-corrected chi connectivity index (χ3v) is 4.26. The molecule has 3 rings (SSSR count). The van der Waals surface area contributed by atoms with Gasteiger partial charge >= 0.3 is 6.03 Å². The Kier molecular flexibility index (Phi) is 4.89. The molecule has 8 nitrogen and oxygen atoms in total. The number of amides is 3. The molecule has 0 saturated carbocycles. The van der Waals surface area contributed by atoms with Gasteiger partial charge in [0.25, 0.3) is 11.6 Å². The molecule has 0 bridgehead atoms. The summed E-state index contributed by atoms with van der Waals surface area (Å²) in [7, 11) is 0. The van der Waals surface area contributed by atoms with E-state index in [0.29, 0.717) is 22.5 Å². The van der Waals surface area contributed by atoms with Crippen molar-refractivity contribution in [2.75, 3.05) is 5.32 Å². The monoisotopic (exact) mass is 366 g/mol. The van der Waals surface area contributed by atoms with E-state index in [1.165, 1.54) is 24.3 Å². The lowest BCUT2D eigenvalue weighted by Gasteiger charge is -2.28. The molecule has 2 aromatic rings. The van der Waals surface area contributed by atoms with Crippen LogP contribution in [-0.4, -0.2) is 16.9 Å². The van der Waals surface area contributed by atoms with Crippen molar-refractivity contribution < 1.29 is 14.5 Å². The minimum Gasteiger partial charge on any atom is -0.327 e. The zero-order chi connectivity index (χ0) is 19.6. The number of allylic oxidation sites excluding steroid dienone is 1. The van der Waals surface area contributed by atoms with Gasteiger partial charge in [-0.1, -0.05) is 17.7 Å². The molecule has 0 fully saturated rings. The highest BCUT2D eigenvalue weighted by molar-refractivity contribution is 6.06. The van der Waals surface area contributed by atoms with Crippen LogP contribution in [0.3, 0.4) is 0 Å². The number of hydrogen-bond acceptors (Lipinski definition) is 4. The number of carbonyl (C=O) groups excluding carboxylic acids is 2. The van der Waals surface area contributed by atoms with Gasteiger partial charge < -0.3 is 16.0 Å². The van der Waals surface area contributed by atoms with Gasteiger partial charge in [-0.3, -0.25) is 14.9 Å². The SMILES string of the molecule is CC1=C(C(=O)Nc2ccc(C)cc2)[C@H](c2ccc([N+](=O)[O-])cc2)NC(=O)N1. The summed E-state index contributed by atoms with van der Waals surface area (Å²) in [5.74, 6) is -0.368. The van der Waals surface area contributed by atoms with E-state index < -0.39 is 17.0 Å². The normalized spacial score (nSPS) is 16.4. The van der Waals surface area contributed by atoms with Crippen molar-refractivity contribution in [2.45, 2.75) is 19.9 Å². The van der Waals surface area contributed by atoms with Gasteiger partial charge in [-0.05, 0) is 43.7 Å². The zero-order valence-corrected chi connectivity index (χ0v) is 14.8. The molecule has 3 N–H and O–H groups in total. The van der Waals surface area contributed by atoms with Crippen molar-refractivity contribution in [3.8, 4) is 0 Å². The highest BCUT2D eigenvalue weighted by atomic mass is 16.6. The molecule has 0 spiro atoms. The van der Waals surface area contributed by atoms with E-state index in [1.54, 1.807) is 19.1 Å². The molecular formula is C19H18N4O4. The highest BCUT2D eigenvalue weighted by Gasteiger charge is 2.31. The van der Waals surface area contributed by atoms with Gasteiger partial charge in [-0.2, -0.15) is 0 Å². The maximum atomic E-state index is 12.9. The Morgan fingerprint density at radius 1 is 1.07 bits per heavy atom. The number of nitro groups is 1. The second kappa shape index (κ2) is 7.28. The fraction of sp³-hybridized carbons (Fsp3) is 0.158. The number of rotatable bonds is 4. The Balaban J connectivity index is 1.92. The van der Waals surface area contributed by atoms with E-state index in [9.17, 15) is 19.7 Å². The number of non-ortho nitro benzene ring substituents is 1. The summed E-state index contributed by atoms with van der Waals surface area (Å²) in [5.41, 5.74) is 2.97. The smallest absolute Gasteiger partial charge is 0.319 e. The van der Waals surface area contributed by atoms with E-state index in [4.69, 9.17) is 0 Å². The van der Waals surface area contributed by atoms with Gasteiger partial charge in [0.1, 0.15) is 0 Å². The van der Waals surface area contributed by atoms with E-state index in [0.717, 1.165) is 5.56 Å². The van der Waals surface area contributed by atoms with Gasteiger partial charge in [0.15, 0.2) is 0 Å². The topological polar surface area (TPSA) is 113 Å². The molecule has 0 unspecified atom stereocenters. The Morgan fingerprint density at radius 3 is 2.30 bits per heavy atom. The van der Waals surface area contributed by atoms with Gasteiger partial charge in [-0.15, -0.1) is 0 Å². The van der Waals surface area contributed by atoms with Crippen LogP contribution in [0.5, 0.6) is 0 Å². The fourth-order valence-corrected chi connectivity index (χ4v) is 2.87. The van der Waals surface area contributed by atoms with Gasteiger partial charge in [-0.25, -0.2) is 4.79 Å².